The monoisotopic (exact) mass is 365 g/mol. The zero-order valence-electron chi connectivity index (χ0n) is 14.5. The van der Waals surface area contributed by atoms with Crippen LogP contribution in [0.1, 0.15) is 33.4 Å². The van der Waals surface area contributed by atoms with Gasteiger partial charge < -0.3 is 9.88 Å². The lowest BCUT2D eigenvalue weighted by molar-refractivity contribution is 0.0736. The van der Waals surface area contributed by atoms with Gasteiger partial charge in [0.2, 0.25) is 0 Å². The largest absolute Gasteiger partial charge is 0.332 e. The van der Waals surface area contributed by atoms with Gasteiger partial charge in [-0.3, -0.25) is 9.59 Å². The number of amides is 1. The van der Waals surface area contributed by atoms with Crippen LogP contribution in [0.3, 0.4) is 0 Å². The van der Waals surface area contributed by atoms with Crippen molar-refractivity contribution in [1.82, 2.24) is 14.9 Å². The first kappa shape index (κ1) is 16.7. The van der Waals surface area contributed by atoms with E-state index in [1.807, 2.05) is 24.3 Å². The molecule has 0 unspecified atom stereocenters. The van der Waals surface area contributed by atoms with E-state index in [4.69, 9.17) is 0 Å². The summed E-state index contributed by atoms with van der Waals surface area (Å²) in [6.07, 6.45) is 2.83. The number of H-pyrrole nitrogens is 1. The van der Waals surface area contributed by atoms with E-state index in [0.29, 0.717) is 30.8 Å². The SMILES string of the molecule is CCc1cc(C(=O)N2CCc3c(nc[nH]c3=O)C2)sc1-c1ccccc1. The molecule has 0 spiro atoms. The highest BCUT2D eigenvalue weighted by Crippen LogP contribution is 2.34. The van der Waals surface area contributed by atoms with E-state index in [1.54, 1.807) is 16.2 Å². The van der Waals surface area contributed by atoms with Crippen LogP contribution in [-0.2, 0) is 19.4 Å². The van der Waals surface area contributed by atoms with Crippen molar-refractivity contribution in [2.24, 2.45) is 0 Å². The average Bonchev–Trinajstić information content (AvgIpc) is 3.12. The van der Waals surface area contributed by atoms with Gasteiger partial charge in [-0.15, -0.1) is 11.3 Å². The molecule has 0 saturated carbocycles. The van der Waals surface area contributed by atoms with Gasteiger partial charge in [-0.1, -0.05) is 37.3 Å². The Morgan fingerprint density at radius 3 is 2.88 bits per heavy atom. The van der Waals surface area contributed by atoms with Gasteiger partial charge in [0, 0.05) is 17.0 Å². The number of aromatic amines is 1. The third kappa shape index (κ3) is 2.97. The Labute approximate surface area is 155 Å². The van der Waals surface area contributed by atoms with Crippen molar-refractivity contribution in [2.75, 3.05) is 6.54 Å². The van der Waals surface area contributed by atoms with Crippen LogP contribution in [0, 0.1) is 0 Å². The van der Waals surface area contributed by atoms with Gasteiger partial charge in [-0.25, -0.2) is 4.98 Å². The van der Waals surface area contributed by atoms with Crippen LogP contribution >= 0.6 is 11.3 Å². The van der Waals surface area contributed by atoms with Crippen molar-refractivity contribution in [1.29, 1.82) is 0 Å². The molecule has 0 saturated heterocycles. The smallest absolute Gasteiger partial charge is 0.264 e. The number of nitrogens with zero attached hydrogens (tertiary/aromatic N) is 2. The van der Waals surface area contributed by atoms with E-state index in [0.717, 1.165) is 21.7 Å². The van der Waals surface area contributed by atoms with Crippen LogP contribution in [-0.4, -0.2) is 27.3 Å². The molecule has 4 rings (SSSR count). The first-order valence-electron chi connectivity index (χ1n) is 8.70. The minimum Gasteiger partial charge on any atom is -0.332 e. The molecule has 0 radical (unpaired) electrons. The number of carbonyl (C=O) groups excluding carboxylic acids is 1. The third-order valence-corrected chi connectivity index (χ3v) is 5.95. The number of hydrogen-bond donors (Lipinski definition) is 1. The van der Waals surface area contributed by atoms with Crippen LogP contribution in [0.2, 0.25) is 0 Å². The van der Waals surface area contributed by atoms with Crippen molar-refractivity contribution < 1.29 is 4.79 Å². The molecule has 3 aromatic rings. The molecule has 1 aromatic carbocycles. The number of thiophene rings is 1. The molecule has 2 aromatic heterocycles. The molecule has 1 aliphatic heterocycles. The second kappa shape index (κ2) is 6.88. The maximum Gasteiger partial charge on any atom is 0.264 e. The number of aromatic nitrogens is 2. The summed E-state index contributed by atoms with van der Waals surface area (Å²) in [5.41, 5.74) is 3.63. The summed E-state index contributed by atoms with van der Waals surface area (Å²) in [5, 5.41) is 0. The van der Waals surface area contributed by atoms with Gasteiger partial charge in [0.05, 0.1) is 23.4 Å². The molecular formula is C20H19N3O2S. The molecule has 3 heterocycles. The number of fused-ring (bicyclic) bond motifs is 1. The number of benzene rings is 1. The number of carbonyl (C=O) groups is 1. The minimum absolute atomic E-state index is 0.0135. The van der Waals surface area contributed by atoms with Crippen molar-refractivity contribution in [3.63, 3.8) is 0 Å². The van der Waals surface area contributed by atoms with Crippen molar-refractivity contribution in [3.05, 3.63) is 74.8 Å². The van der Waals surface area contributed by atoms with E-state index in [9.17, 15) is 9.59 Å². The van der Waals surface area contributed by atoms with Crippen molar-refractivity contribution in [2.45, 2.75) is 26.3 Å². The summed E-state index contributed by atoms with van der Waals surface area (Å²) in [7, 11) is 0. The Morgan fingerprint density at radius 1 is 1.31 bits per heavy atom. The highest BCUT2D eigenvalue weighted by molar-refractivity contribution is 7.17. The molecule has 1 N–H and O–H groups in total. The van der Waals surface area contributed by atoms with Gasteiger partial charge >= 0.3 is 0 Å². The Kier molecular flexibility index (Phi) is 4.42. The molecule has 0 bridgehead atoms. The predicted molar refractivity (Wildman–Crippen MR) is 102 cm³/mol. The summed E-state index contributed by atoms with van der Waals surface area (Å²) >= 11 is 1.54. The molecule has 0 atom stereocenters. The second-order valence-corrected chi connectivity index (χ2v) is 7.37. The van der Waals surface area contributed by atoms with Crippen LogP contribution in [0.4, 0.5) is 0 Å². The summed E-state index contributed by atoms with van der Waals surface area (Å²) in [5.74, 6) is 0.0135. The lowest BCUT2D eigenvalue weighted by Crippen LogP contribution is -2.38. The standard InChI is InChI=1S/C20H19N3O2S/c1-2-13-10-17(26-18(13)14-6-4-3-5-7-14)20(25)23-9-8-15-16(11-23)21-12-22-19(15)24/h3-7,10,12H,2,8-9,11H2,1H3,(H,21,22,24). The third-order valence-electron chi connectivity index (χ3n) is 4.73. The Bertz CT molecular complexity index is 1010. The Morgan fingerprint density at radius 2 is 2.12 bits per heavy atom. The lowest BCUT2D eigenvalue weighted by atomic mass is 10.1. The normalized spacial score (nSPS) is 13.5. The number of aryl methyl sites for hydroxylation is 1. The average molecular weight is 365 g/mol. The first-order chi connectivity index (χ1) is 12.7. The molecule has 5 nitrogen and oxygen atoms in total. The number of rotatable bonds is 3. The molecule has 26 heavy (non-hydrogen) atoms. The zero-order valence-corrected chi connectivity index (χ0v) is 15.3. The van der Waals surface area contributed by atoms with Crippen molar-refractivity contribution >= 4 is 17.2 Å². The summed E-state index contributed by atoms with van der Waals surface area (Å²) in [6.45, 7) is 3.04. The van der Waals surface area contributed by atoms with E-state index in [1.165, 1.54) is 11.9 Å². The zero-order chi connectivity index (χ0) is 18.1. The quantitative estimate of drug-likeness (QED) is 0.775. The minimum atomic E-state index is -0.0992. The summed E-state index contributed by atoms with van der Waals surface area (Å²) in [4.78, 5) is 35.4. The molecule has 1 aliphatic rings. The second-order valence-electron chi connectivity index (χ2n) is 6.32. The van der Waals surface area contributed by atoms with Gasteiger partial charge in [-0.2, -0.15) is 0 Å². The van der Waals surface area contributed by atoms with Crippen LogP contribution in [0.5, 0.6) is 0 Å². The fourth-order valence-corrected chi connectivity index (χ4v) is 4.55. The van der Waals surface area contributed by atoms with E-state index < -0.39 is 0 Å². The molecule has 0 aliphatic carbocycles. The molecular weight excluding hydrogens is 346 g/mol. The molecule has 6 heteroatoms. The lowest BCUT2D eigenvalue weighted by Gasteiger charge is -2.26. The fraction of sp³-hybridized carbons (Fsp3) is 0.250. The summed E-state index contributed by atoms with van der Waals surface area (Å²) in [6, 6.07) is 12.2. The molecule has 132 valence electrons. The maximum absolute atomic E-state index is 13.0. The topological polar surface area (TPSA) is 66.1 Å². The van der Waals surface area contributed by atoms with Gasteiger partial charge in [0.25, 0.3) is 11.5 Å². The number of hydrogen-bond acceptors (Lipinski definition) is 4. The van der Waals surface area contributed by atoms with E-state index in [-0.39, 0.29) is 11.5 Å². The highest BCUT2D eigenvalue weighted by Gasteiger charge is 2.26. The van der Waals surface area contributed by atoms with Crippen LogP contribution in [0.15, 0.2) is 47.5 Å². The van der Waals surface area contributed by atoms with Gasteiger partial charge in [0.15, 0.2) is 0 Å². The summed E-state index contributed by atoms with van der Waals surface area (Å²) < 4.78 is 0. The number of nitrogens with one attached hydrogen (secondary N) is 1. The molecule has 0 fully saturated rings. The maximum atomic E-state index is 13.0. The fourth-order valence-electron chi connectivity index (χ4n) is 3.33. The van der Waals surface area contributed by atoms with Crippen LogP contribution < -0.4 is 5.56 Å². The first-order valence-corrected chi connectivity index (χ1v) is 9.52. The van der Waals surface area contributed by atoms with Crippen molar-refractivity contribution in [3.8, 4) is 10.4 Å². The van der Waals surface area contributed by atoms with Crippen LogP contribution in [0.25, 0.3) is 10.4 Å². The van der Waals surface area contributed by atoms with E-state index >= 15 is 0 Å². The van der Waals surface area contributed by atoms with Gasteiger partial charge in [0.1, 0.15) is 0 Å². The highest BCUT2D eigenvalue weighted by atomic mass is 32.1. The Balaban J connectivity index is 1.63. The van der Waals surface area contributed by atoms with Gasteiger partial charge in [-0.05, 0) is 30.0 Å². The molecule has 1 amide bonds. The predicted octanol–water partition coefficient (Wildman–Crippen LogP) is 3.26. The Hall–Kier alpha value is -2.73. The van der Waals surface area contributed by atoms with E-state index in [2.05, 4.69) is 29.0 Å².